The summed E-state index contributed by atoms with van der Waals surface area (Å²) in [6.45, 7) is 0.643. The number of anilines is 1. The van der Waals surface area contributed by atoms with Crippen LogP contribution < -0.4 is 19.5 Å². The van der Waals surface area contributed by atoms with Crippen molar-refractivity contribution >= 4 is 5.69 Å². The van der Waals surface area contributed by atoms with Crippen molar-refractivity contribution in [2.75, 3.05) is 19.2 Å². The third-order valence-corrected chi connectivity index (χ3v) is 3.00. The van der Waals surface area contributed by atoms with Crippen LogP contribution in [0.2, 0.25) is 0 Å². The first kappa shape index (κ1) is 12.4. The van der Waals surface area contributed by atoms with Crippen LogP contribution in [-0.4, -0.2) is 24.0 Å². The highest BCUT2D eigenvalue weighted by Crippen LogP contribution is 2.37. The first-order chi connectivity index (χ1) is 9.76. The van der Waals surface area contributed by atoms with Gasteiger partial charge >= 0.3 is 0 Å². The van der Waals surface area contributed by atoms with Gasteiger partial charge in [-0.05, 0) is 12.1 Å². The van der Waals surface area contributed by atoms with Crippen LogP contribution in [0.15, 0.2) is 30.5 Å². The van der Waals surface area contributed by atoms with E-state index >= 15 is 0 Å². The summed E-state index contributed by atoms with van der Waals surface area (Å²) in [6, 6.07) is 6.95. The molecule has 0 spiro atoms. The number of phenols is 1. The first-order valence-electron chi connectivity index (χ1n) is 6.11. The number of pyridine rings is 1. The molecule has 0 saturated heterocycles. The number of benzene rings is 1. The summed E-state index contributed by atoms with van der Waals surface area (Å²) in [5.74, 6) is 1.94. The monoisotopic (exact) mass is 274 g/mol. The highest BCUT2D eigenvalue weighted by atomic mass is 16.7. The molecule has 0 fully saturated rings. The lowest BCUT2D eigenvalue weighted by atomic mass is 10.1. The fraction of sp³-hybridized carbons (Fsp3) is 0.214. The number of hydrogen-bond donors (Lipinski definition) is 2. The number of fused-ring (bicyclic) bond motifs is 1. The summed E-state index contributed by atoms with van der Waals surface area (Å²) in [5.41, 5.74) is 1.56. The largest absolute Gasteiger partial charge is 0.507 e. The standard InChI is InChI=1S/C14H14N2O4/c1-18-14-3-2-10(7-16-14)15-6-9-4-12-13(5-11(9)17)20-8-19-12/h2-5,7,15,17H,6,8H2,1H3. The fourth-order valence-electron chi connectivity index (χ4n) is 1.92. The van der Waals surface area contributed by atoms with Crippen LogP contribution in [0.5, 0.6) is 23.1 Å². The Balaban J connectivity index is 1.71. The SMILES string of the molecule is COc1ccc(NCc2cc3c(cc2O)OCO3)cn1. The molecule has 1 aromatic carbocycles. The van der Waals surface area contributed by atoms with Crippen LogP contribution in [0.25, 0.3) is 0 Å². The van der Waals surface area contributed by atoms with Crippen molar-refractivity contribution in [2.45, 2.75) is 6.54 Å². The molecule has 0 saturated carbocycles. The predicted octanol–water partition coefficient (Wildman–Crippen LogP) is 2.14. The number of rotatable bonds is 4. The van der Waals surface area contributed by atoms with Crippen LogP contribution in [0.3, 0.4) is 0 Å². The van der Waals surface area contributed by atoms with E-state index in [1.54, 1.807) is 31.5 Å². The molecule has 20 heavy (non-hydrogen) atoms. The normalized spacial score (nSPS) is 12.2. The maximum Gasteiger partial charge on any atom is 0.231 e. The Labute approximate surface area is 115 Å². The second-order valence-corrected chi connectivity index (χ2v) is 4.28. The molecule has 2 aromatic rings. The second kappa shape index (κ2) is 5.16. The summed E-state index contributed by atoms with van der Waals surface area (Å²) >= 11 is 0. The zero-order valence-electron chi connectivity index (χ0n) is 10.9. The highest BCUT2D eigenvalue weighted by Gasteiger charge is 2.16. The van der Waals surface area contributed by atoms with Crippen LogP contribution in [0.4, 0.5) is 5.69 Å². The van der Waals surface area contributed by atoms with Crippen LogP contribution in [-0.2, 0) is 6.54 Å². The van der Waals surface area contributed by atoms with Gasteiger partial charge in [-0.2, -0.15) is 0 Å². The molecule has 0 bridgehead atoms. The maximum atomic E-state index is 9.92. The second-order valence-electron chi connectivity index (χ2n) is 4.28. The van der Waals surface area contributed by atoms with E-state index in [0.717, 1.165) is 11.3 Å². The van der Waals surface area contributed by atoms with Gasteiger partial charge in [-0.25, -0.2) is 4.98 Å². The van der Waals surface area contributed by atoms with Crippen molar-refractivity contribution in [3.8, 4) is 23.1 Å². The van der Waals surface area contributed by atoms with Gasteiger partial charge in [0.25, 0.3) is 0 Å². The molecule has 3 rings (SSSR count). The van der Waals surface area contributed by atoms with Gasteiger partial charge in [-0.15, -0.1) is 0 Å². The van der Waals surface area contributed by atoms with Crippen molar-refractivity contribution in [2.24, 2.45) is 0 Å². The molecule has 6 nitrogen and oxygen atoms in total. The molecule has 1 aliphatic rings. The zero-order valence-corrected chi connectivity index (χ0v) is 10.9. The van der Waals surface area contributed by atoms with E-state index in [9.17, 15) is 5.11 Å². The average molecular weight is 274 g/mol. The Bertz CT molecular complexity index is 613. The highest BCUT2D eigenvalue weighted by molar-refractivity contribution is 5.52. The Kier molecular flexibility index (Phi) is 3.20. The summed E-state index contributed by atoms with van der Waals surface area (Å²) in [6.07, 6.45) is 1.67. The minimum Gasteiger partial charge on any atom is -0.507 e. The third kappa shape index (κ3) is 2.40. The van der Waals surface area contributed by atoms with E-state index in [2.05, 4.69) is 10.3 Å². The Hall–Kier alpha value is -2.63. The molecule has 104 valence electrons. The minimum atomic E-state index is 0.170. The minimum absolute atomic E-state index is 0.170. The van der Waals surface area contributed by atoms with Crippen LogP contribution in [0.1, 0.15) is 5.56 Å². The lowest BCUT2D eigenvalue weighted by Gasteiger charge is -2.09. The molecule has 2 heterocycles. The number of hydrogen-bond acceptors (Lipinski definition) is 6. The Morgan fingerprint density at radius 2 is 2.10 bits per heavy atom. The molecule has 2 N–H and O–H groups in total. The van der Waals surface area contributed by atoms with Crippen molar-refractivity contribution in [3.05, 3.63) is 36.0 Å². The van der Waals surface area contributed by atoms with Crippen molar-refractivity contribution in [3.63, 3.8) is 0 Å². The number of aromatic nitrogens is 1. The van der Waals surface area contributed by atoms with Crippen LogP contribution in [0, 0.1) is 0 Å². The molecule has 0 radical (unpaired) electrons. The first-order valence-corrected chi connectivity index (χ1v) is 6.11. The van der Waals surface area contributed by atoms with Crippen LogP contribution >= 0.6 is 0 Å². The molecular formula is C14H14N2O4. The van der Waals surface area contributed by atoms with E-state index in [0.29, 0.717) is 23.9 Å². The maximum absolute atomic E-state index is 9.92. The summed E-state index contributed by atoms with van der Waals surface area (Å²) in [7, 11) is 1.57. The predicted molar refractivity (Wildman–Crippen MR) is 72.3 cm³/mol. The average Bonchev–Trinajstić information content (AvgIpc) is 2.92. The molecule has 0 aliphatic carbocycles. The van der Waals surface area contributed by atoms with Crippen molar-refractivity contribution in [1.29, 1.82) is 0 Å². The van der Waals surface area contributed by atoms with E-state index in [-0.39, 0.29) is 12.5 Å². The zero-order chi connectivity index (χ0) is 13.9. The molecule has 0 atom stereocenters. The van der Waals surface area contributed by atoms with E-state index in [4.69, 9.17) is 14.2 Å². The van der Waals surface area contributed by atoms with Gasteiger partial charge in [0.05, 0.1) is 19.0 Å². The van der Waals surface area contributed by atoms with Gasteiger partial charge in [-0.1, -0.05) is 0 Å². The van der Waals surface area contributed by atoms with E-state index in [1.165, 1.54) is 0 Å². The number of nitrogens with zero attached hydrogens (tertiary/aromatic N) is 1. The molecular weight excluding hydrogens is 260 g/mol. The smallest absolute Gasteiger partial charge is 0.231 e. The number of nitrogens with one attached hydrogen (secondary N) is 1. The number of ether oxygens (including phenoxy) is 3. The number of aromatic hydroxyl groups is 1. The topological polar surface area (TPSA) is 72.8 Å². The summed E-state index contributed by atoms with van der Waals surface area (Å²) < 4.78 is 15.5. The fourth-order valence-corrected chi connectivity index (χ4v) is 1.92. The Morgan fingerprint density at radius 1 is 1.30 bits per heavy atom. The van der Waals surface area contributed by atoms with Crippen molar-refractivity contribution < 1.29 is 19.3 Å². The molecule has 1 aromatic heterocycles. The van der Waals surface area contributed by atoms with E-state index < -0.39 is 0 Å². The van der Waals surface area contributed by atoms with Crippen molar-refractivity contribution in [1.82, 2.24) is 4.98 Å². The third-order valence-electron chi connectivity index (χ3n) is 3.00. The van der Waals surface area contributed by atoms with Gasteiger partial charge in [0, 0.05) is 24.2 Å². The molecule has 6 heteroatoms. The summed E-state index contributed by atoms with van der Waals surface area (Å²) in [5, 5.41) is 13.1. The van der Waals surface area contributed by atoms with E-state index in [1.807, 2.05) is 6.07 Å². The van der Waals surface area contributed by atoms with Gasteiger partial charge in [0.2, 0.25) is 12.7 Å². The number of phenolic OH excluding ortho intramolecular Hbond substituents is 1. The van der Waals surface area contributed by atoms with Gasteiger partial charge in [-0.3, -0.25) is 0 Å². The van der Waals surface area contributed by atoms with Gasteiger partial charge in [0.15, 0.2) is 11.5 Å². The molecule has 0 unspecified atom stereocenters. The Morgan fingerprint density at radius 3 is 2.80 bits per heavy atom. The molecule has 1 aliphatic heterocycles. The quantitative estimate of drug-likeness (QED) is 0.890. The lowest BCUT2D eigenvalue weighted by Crippen LogP contribution is -2.00. The van der Waals surface area contributed by atoms with Gasteiger partial charge < -0.3 is 24.6 Å². The number of methoxy groups -OCH3 is 1. The van der Waals surface area contributed by atoms with Gasteiger partial charge in [0.1, 0.15) is 5.75 Å². The lowest BCUT2D eigenvalue weighted by molar-refractivity contribution is 0.174. The summed E-state index contributed by atoms with van der Waals surface area (Å²) in [4.78, 5) is 4.10. The molecule has 0 amide bonds.